The topological polar surface area (TPSA) is 64.4 Å². The Kier molecular flexibility index (Phi) is 6.13. The number of aromatic nitrogens is 2. The minimum absolute atomic E-state index is 0.0920. The number of hydrogen-bond acceptors (Lipinski definition) is 4. The van der Waals surface area contributed by atoms with Gasteiger partial charge in [-0.05, 0) is 31.7 Å². The van der Waals surface area contributed by atoms with Crippen LogP contribution in [-0.4, -0.2) is 33.2 Å². The number of carbonyl (C=O) groups excluding carboxylic acids is 1. The lowest BCUT2D eigenvalue weighted by Crippen LogP contribution is -2.48. The summed E-state index contributed by atoms with van der Waals surface area (Å²) < 4.78 is 35.3. The van der Waals surface area contributed by atoms with Crippen LogP contribution in [0.5, 0.6) is 0 Å². The Morgan fingerprint density at radius 2 is 2.14 bits per heavy atom. The molecule has 0 bridgehead atoms. The van der Waals surface area contributed by atoms with Crippen LogP contribution < -0.4 is 0 Å². The average molecular weight is 392 g/mol. The molecule has 0 spiro atoms. The number of nitrogens with zero attached hydrogens (tertiary/aromatic N) is 2. The lowest BCUT2D eigenvalue weighted by atomic mass is 9.72. The van der Waals surface area contributed by atoms with Crippen LogP contribution in [0, 0.1) is 12.8 Å². The van der Waals surface area contributed by atoms with Gasteiger partial charge in [0.1, 0.15) is 5.82 Å². The van der Waals surface area contributed by atoms with E-state index in [0.29, 0.717) is 24.9 Å². The number of carbonyl (C=O) groups is 1. The predicted octanol–water partition coefficient (Wildman–Crippen LogP) is 3.84. The fourth-order valence-electron chi connectivity index (χ4n) is 3.89. The fourth-order valence-corrected chi connectivity index (χ4v) is 3.89. The summed E-state index contributed by atoms with van der Waals surface area (Å²) in [6.45, 7) is 2.59. The van der Waals surface area contributed by atoms with E-state index in [-0.39, 0.29) is 19.4 Å². The molecular formula is C21H26F2N2O3. The Morgan fingerprint density at radius 1 is 1.39 bits per heavy atom. The molecule has 28 heavy (non-hydrogen) atoms. The van der Waals surface area contributed by atoms with E-state index in [1.165, 1.54) is 0 Å². The Balaban J connectivity index is 1.71. The number of halogens is 2. The molecule has 0 radical (unpaired) electrons. The van der Waals surface area contributed by atoms with Crippen molar-refractivity contribution in [2.75, 3.05) is 6.61 Å². The molecule has 1 aliphatic carbocycles. The van der Waals surface area contributed by atoms with Gasteiger partial charge in [-0.3, -0.25) is 0 Å². The first kappa shape index (κ1) is 20.5. The van der Waals surface area contributed by atoms with Gasteiger partial charge < -0.3 is 14.4 Å². The molecule has 1 heterocycles. The van der Waals surface area contributed by atoms with E-state index in [9.17, 15) is 18.7 Å². The predicted molar refractivity (Wildman–Crippen MR) is 99.8 cm³/mol. The quantitative estimate of drug-likeness (QED) is 0.574. The second kappa shape index (κ2) is 8.39. The Labute approximate surface area is 163 Å². The smallest absolute Gasteiger partial charge is 0.343 e. The van der Waals surface area contributed by atoms with Crippen LogP contribution in [0.15, 0.2) is 42.7 Å². The monoisotopic (exact) mass is 392 g/mol. The maximum Gasteiger partial charge on any atom is 0.343 e. The maximum atomic E-state index is 14.0. The van der Waals surface area contributed by atoms with Crippen LogP contribution in [0.4, 0.5) is 8.78 Å². The van der Waals surface area contributed by atoms with Gasteiger partial charge in [0.05, 0.1) is 6.61 Å². The zero-order valence-electron chi connectivity index (χ0n) is 16.0. The van der Waals surface area contributed by atoms with Crippen LogP contribution in [0.1, 0.15) is 43.5 Å². The fraction of sp³-hybridized carbons (Fsp3) is 0.524. The molecule has 152 valence electrons. The molecule has 5 nitrogen and oxygen atoms in total. The van der Waals surface area contributed by atoms with Crippen molar-refractivity contribution in [3.05, 3.63) is 54.1 Å². The Hall–Kier alpha value is -2.28. The number of imidazole rings is 1. The summed E-state index contributed by atoms with van der Waals surface area (Å²) in [7, 11) is 0. The minimum atomic E-state index is -2.88. The standard InChI is InChI=1S/C21H26F2N2O3/c1-16-24-11-13-25(16)12-6-14-28-19(26)21(27,17-7-3-2-4-8-17)18-9-5-10-20(22,23)15-18/h2-4,7-8,11,13,18,27H,5-6,9-10,12,14-15H2,1H3. The largest absolute Gasteiger partial charge is 0.463 e. The van der Waals surface area contributed by atoms with Gasteiger partial charge in [-0.2, -0.15) is 0 Å². The SMILES string of the molecule is Cc1nccn1CCCOC(=O)C(O)(c1ccccc1)C1CCCC(F)(F)C1. The zero-order chi connectivity index (χ0) is 20.2. The summed E-state index contributed by atoms with van der Waals surface area (Å²) in [6.07, 6.45) is 3.94. The summed E-state index contributed by atoms with van der Waals surface area (Å²) in [5.74, 6) is -3.77. The first-order valence-electron chi connectivity index (χ1n) is 9.63. The molecule has 2 unspecified atom stereocenters. The molecule has 1 aromatic carbocycles. The molecular weight excluding hydrogens is 366 g/mol. The zero-order valence-corrected chi connectivity index (χ0v) is 16.0. The van der Waals surface area contributed by atoms with Gasteiger partial charge in [-0.15, -0.1) is 0 Å². The molecule has 2 aromatic rings. The number of benzene rings is 1. The van der Waals surface area contributed by atoms with Crippen LogP contribution in [0.2, 0.25) is 0 Å². The summed E-state index contributed by atoms with van der Waals surface area (Å²) in [5, 5.41) is 11.3. The average Bonchev–Trinajstić information content (AvgIpc) is 3.09. The van der Waals surface area contributed by atoms with E-state index in [1.54, 1.807) is 36.5 Å². The van der Waals surface area contributed by atoms with Crippen molar-refractivity contribution in [3.8, 4) is 0 Å². The van der Waals surface area contributed by atoms with Gasteiger partial charge in [-0.1, -0.05) is 30.3 Å². The summed E-state index contributed by atoms with van der Waals surface area (Å²) in [4.78, 5) is 17.0. The van der Waals surface area contributed by atoms with Crippen LogP contribution in [0.25, 0.3) is 0 Å². The lowest BCUT2D eigenvalue weighted by molar-refractivity contribution is -0.182. The van der Waals surface area contributed by atoms with E-state index in [2.05, 4.69) is 4.98 Å². The molecule has 7 heteroatoms. The van der Waals surface area contributed by atoms with Crippen molar-refractivity contribution in [1.29, 1.82) is 0 Å². The second-order valence-corrected chi connectivity index (χ2v) is 7.44. The third-order valence-corrected chi connectivity index (χ3v) is 5.46. The maximum absolute atomic E-state index is 14.0. The van der Waals surface area contributed by atoms with Gasteiger partial charge in [0, 0.05) is 37.7 Å². The first-order chi connectivity index (χ1) is 13.3. The molecule has 2 atom stereocenters. The Morgan fingerprint density at radius 3 is 2.79 bits per heavy atom. The number of hydrogen-bond donors (Lipinski definition) is 1. The van der Waals surface area contributed by atoms with E-state index in [1.807, 2.05) is 17.7 Å². The minimum Gasteiger partial charge on any atom is -0.463 e. The third-order valence-electron chi connectivity index (χ3n) is 5.46. The van der Waals surface area contributed by atoms with Gasteiger partial charge in [0.25, 0.3) is 0 Å². The van der Waals surface area contributed by atoms with Crippen molar-refractivity contribution < 1.29 is 23.4 Å². The van der Waals surface area contributed by atoms with Gasteiger partial charge >= 0.3 is 5.97 Å². The van der Waals surface area contributed by atoms with E-state index in [4.69, 9.17) is 4.74 Å². The highest BCUT2D eigenvalue weighted by Crippen LogP contribution is 2.45. The summed E-state index contributed by atoms with van der Waals surface area (Å²) >= 11 is 0. The van der Waals surface area contributed by atoms with E-state index < -0.39 is 29.8 Å². The highest BCUT2D eigenvalue weighted by Gasteiger charge is 2.52. The number of esters is 1. The summed E-state index contributed by atoms with van der Waals surface area (Å²) in [5.41, 5.74) is -1.77. The van der Waals surface area contributed by atoms with Crippen molar-refractivity contribution in [3.63, 3.8) is 0 Å². The van der Waals surface area contributed by atoms with Gasteiger partial charge in [0.2, 0.25) is 5.92 Å². The summed E-state index contributed by atoms with van der Waals surface area (Å²) in [6, 6.07) is 8.27. The molecule has 0 aliphatic heterocycles. The normalized spacial score (nSPS) is 21.1. The van der Waals surface area contributed by atoms with Crippen molar-refractivity contribution >= 4 is 5.97 Å². The second-order valence-electron chi connectivity index (χ2n) is 7.44. The molecule has 1 N–H and O–H groups in total. The number of ether oxygens (including phenoxy) is 1. The molecule has 1 saturated carbocycles. The van der Waals surface area contributed by atoms with Gasteiger partial charge in [0.15, 0.2) is 5.60 Å². The number of rotatable bonds is 7. The molecule has 1 aromatic heterocycles. The number of alkyl halides is 2. The highest BCUT2D eigenvalue weighted by atomic mass is 19.3. The lowest BCUT2D eigenvalue weighted by Gasteiger charge is -2.39. The van der Waals surface area contributed by atoms with Gasteiger partial charge in [-0.25, -0.2) is 18.6 Å². The number of aryl methyl sites for hydroxylation is 2. The molecule has 3 rings (SSSR count). The highest BCUT2D eigenvalue weighted by molar-refractivity contribution is 5.81. The van der Waals surface area contributed by atoms with Crippen molar-refractivity contribution in [1.82, 2.24) is 9.55 Å². The third kappa shape index (κ3) is 4.41. The van der Waals surface area contributed by atoms with Crippen LogP contribution in [0.3, 0.4) is 0 Å². The van der Waals surface area contributed by atoms with Crippen LogP contribution >= 0.6 is 0 Å². The molecule has 0 amide bonds. The van der Waals surface area contributed by atoms with Crippen LogP contribution in [-0.2, 0) is 21.7 Å². The molecule has 0 saturated heterocycles. The molecule has 1 aliphatic rings. The first-order valence-corrected chi connectivity index (χ1v) is 9.63. The van der Waals surface area contributed by atoms with E-state index >= 15 is 0 Å². The number of aliphatic hydroxyl groups is 1. The van der Waals surface area contributed by atoms with Crippen molar-refractivity contribution in [2.45, 2.75) is 57.1 Å². The molecule has 1 fully saturated rings. The Bertz CT molecular complexity index is 794. The van der Waals surface area contributed by atoms with Crippen molar-refractivity contribution in [2.24, 2.45) is 5.92 Å². The van der Waals surface area contributed by atoms with E-state index in [0.717, 1.165) is 5.82 Å².